The molecule has 0 aliphatic carbocycles. The summed E-state index contributed by atoms with van der Waals surface area (Å²) in [7, 11) is -2.98. The number of hydrogen-bond acceptors (Lipinski definition) is 3. The molecule has 0 unspecified atom stereocenters. The highest BCUT2D eigenvalue weighted by molar-refractivity contribution is 7.91. The third kappa shape index (κ3) is 3.05. The molecule has 0 amide bonds. The predicted octanol–water partition coefficient (Wildman–Crippen LogP) is 1.37. The zero-order valence-electron chi connectivity index (χ0n) is 8.84. The van der Waals surface area contributed by atoms with Crippen molar-refractivity contribution in [1.82, 2.24) is 5.32 Å². The number of hydrogen-bond donors (Lipinski definition) is 1. The maximum Gasteiger partial charge on any atom is 0.251 e. The van der Waals surface area contributed by atoms with E-state index in [0.717, 1.165) is 0 Å². The summed E-state index contributed by atoms with van der Waals surface area (Å²) in [6.45, 7) is 0.285. The van der Waals surface area contributed by atoms with Gasteiger partial charge in [0.05, 0.1) is 11.5 Å². The first-order valence-corrected chi connectivity index (χ1v) is 6.98. The van der Waals surface area contributed by atoms with E-state index in [9.17, 15) is 17.2 Å². The van der Waals surface area contributed by atoms with Crippen molar-refractivity contribution in [3.8, 4) is 0 Å². The monoisotopic (exact) mass is 275 g/mol. The van der Waals surface area contributed by atoms with E-state index in [2.05, 4.69) is 5.32 Å². The second kappa shape index (κ2) is 4.38. The first-order chi connectivity index (χ1) is 6.83. The van der Waals surface area contributed by atoms with E-state index in [1.54, 1.807) is 0 Å². The maximum atomic E-state index is 13.2. The lowest BCUT2D eigenvalue weighted by Crippen LogP contribution is -2.58. The van der Waals surface area contributed by atoms with Gasteiger partial charge in [0, 0.05) is 24.9 Å². The Hall–Kier alpha value is 0.0600. The molecule has 1 N–H and O–H groups in total. The molecule has 0 aromatic rings. The van der Waals surface area contributed by atoms with Crippen LogP contribution in [0.5, 0.6) is 0 Å². The van der Waals surface area contributed by atoms with Gasteiger partial charge in [-0.15, -0.1) is 12.4 Å². The lowest BCUT2D eigenvalue weighted by molar-refractivity contribution is -0.0653. The van der Waals surface area contributed by atoms with Crippen LogP contribution in [0, 0.1) is 0 Å². The van der Waals surface area contributed by atoms with Crippen molar-refractivity contribution in [3.05, 3.63) is 0 Å². The fourth-order valence-electron chi connectivity index (χ4n) is 2.44. The van der Waals surface area contributed by atoms with Crippen molar-refractivity contribution in [2.75, 3.05) is 18.1 Å². The van der Waals surface area contributed by atoms with Gasteiger partial charge in [0.2, 0.25) is 0 Å². The highest BCUT2D eigenvalue weighted by Crippen LogP contribution is 2.39. The van der Waals surface area contributed by atoms with Gasteiger partial charge in [-0.3, -0.25) is 0 Å². The van der Waals surface area contributed by atoms with Gasteiger partial charge >= 0.3 is 0 Å². The first kappa shape index (κ1) is 14.1. The third-order valence-electron chi connectivity index (χ3n) is 3.37. The zero-order valence-corrected chi connectivity index (χ0v) is 10.5. The fraction of sp³-hybridized carbons (Fsp3) is 1.00. The molecule has 0 saturated carbocycles. The molecule has 2 fully saturated rings. The van der Waals surface area contributed by atoms with Crippen LogP contribution in [0.15, 0.2) is 0 Å². The summed E-state index contributed by atoms with van der Waals surface area (Å²) < 4.78 is 48.9. The van der Waals surface area contributed by atoms with Crippen LogP contribution in [0.2, 0.25) is 0 Å². The smallest absolute Gasteiger partial charge is 0.251 e. The van der Waals surface area contributed by atoms with Crippen LogP contribution in [-0.2, 0) is 9.84 Å². The molecule has 7 heteroatoms. The van der Waals surface area contributed by atoms with Crippen LogP contribution >= 0.6 is 12.4 Å². The summed E-state index contributed by atoms with van der Waals surface area (Å²) in [6, 6.07) is 0. The highest BCUT2D eigenvalue weighted by atomic mass is 35.5. The van der Waals surface area contributed by atoms with E-state index >= 15 is 0 Å². The number of piperidine rings is 1. The molecule has 96 valence electrons. The topological polar surface area (TPSA) is 46.2 Å². The van der Waals surface area contributed by atoms with Gasteiger partial charge < -0.3 is 5.32 Å². The number of halogens is 3. The molecule has 2 rings (SSSR count). The Balaban J connectivity index is 0.00000128. The molecule has 1 spiro atoms. The number of alkyl halides is 2. The van der Waals surface area contributed by atoms with Crippen molar-refractivity contribution < 1.29 is 17.2 Å². The van der Waals surface area contributed by atoms with E-state index in [1.807, 2.05) is 0 Å². The summed E-state index contributed by atoms with van der Waals surface area (Å²) in [6.07, 6.45) is 0.298. The number of nitrogens with one attached hydrogen (secondary N) is 1. The molecular formula is C9H16ClF2NO2S. The Bertz CT molecular complexity index is 345. The normalized spacial score (nSPS) is 30.6. The van der Waals surface area contributed by atoms with Crippen LogP contribution in [-0.4, -0.2) is 37.9 Å². The lowest BCUT2D eigenvalue weighted by atomic mass is 9.82. The average Bonchev–Trinajstić information content (AvgIpc) is 2.10. The highest BCUT2D eigenvalue weighted by Gasteiger charge is 2.47. The van der Waals surface area contributed by atoms with Crippen molar-refractivity contribution >= 4 is 22.2 Å². The molecule has 2 heterocycles. The molecule has 2 aliphatic heterocycles. The first-order valence-electron chi connectivity index (χ1n) is 5.16. The summed E-state index contributed by atoms with van der Waals surface area (Å²) in [4.78, 5) is 0. The molecular weight excluding hydrogens is 260 g/mol. The summed E-state index contributed by atoms with van der Waals surface area (Å²) in [5.74, 6) is -2.56. The molecule has 2 saturated heterocycles. The minimum atomic E-state index is -2.98. The van der Waals surface area contributed by atoms with Gasteiger partial charge in [0.1, 0.15) is 9.84 Å². The molecule has 3 nitrogen and oxygen atoms in total. The van der Waals surface area contributed by atoms with Gasteiger partial charge in [-0.1, -0.05) is 0 Å². The van der Waals surface area contributed by atoms with Crippen LogP contribution in [0.1, 0.15) is 25.7 Å². The molecule has 0 aromatic carbocycles. The summed E-state index contributed by atoms with van der Waals surface area (Å²) >= 11 is 0. The minimum absolute atomic E-state index is 0. The Kier molecular flexibility index (Phi) is 3.87. The number of rotatable bonds is 0. The van der Waals surface area contributed by atoms with Crippen molar-refractivity contribution in [2.24, 2.45) is 0 Å². The number of sulfone groups is 1. The van der Waals surface area contributed by atoms with E-state index in [4.69, 9.17) is 0 Å². The van der Waals surface area contributed by atoms with E-state index in [0.29, 0.717) is 12.8 Å². The Labute approximate surface area is 100 Å². The SMILES string of the molecule is Cl.O=S1(=O)CCC2(CC1)CC(F)(F)CCN2. The van der Waals surface area contributed by atoms with Gasteiger partial charge in [-0.25, -0.2) is 17.2 Å². The average molecular weight is 276 g/mol. The summed E-state index contributed by atoms with van der Waals surface area (Å²) in [5, 5.41) is 3.08. The minimum Gasteiger partial charge on any atom is -0.311 e. The lowest BCUT2D eigenvalue weighted by Gasteiger charge is -2.44. The quantitative estimate of drug-likeness (QED) is 0.726. The fourth-order valence-corrected chi connectivity index (χ4v) is 4.05. The largest absolute Gasteiger partial charge is 0.311 e. The molecule has 0 radical (unpaired) electrons. The van der Waals surface area contributed by atoms with Crippen molar-refractivity contribution in [3.63, 3.8) is 0 Å². The molecule has 16 heavy (non-hydrogen) atoms. The zero-order chi connectivity index (χ0) is 11.2. The Morgan fingerprint density at radius 3 is 2.12 bits per heavy atom. The van der Waals surface area contributed by atoms with Crippen LogP contribution in [0.4, 0.5) is 8.78 Å². The van der Waals surface area contributed by atoms with E-state index in [-0.39, 0.29) is 43.3 Å². The molecule has 0 atom stereocenters. The molecule has 0 bridgehead atoms. The van der Waals surface area contributed by atoms with Crippen LogP contribution in [0.3, 0.4) is 0 Å². The van der Waals surface area contributed by atoms with E-state index in [1.165, 1.54) is 0 Å². The second-order valence-electron chi connectivity index (χ2n) is 4.64. The van der Waals surface area contributed by atoms with E-state index < -0.39 is 21.3 Å². The second-order valence-corrected chi connectivity index (χ2v) is 6.95. The van der Waals surface area contributed by atoms with Gasteiger partial charge in [-0.05, 0) is 12.8 Å². The van der Waals surface area contributed by atoms with Crippen LogP contribution < -0.4 is 5.32 Å². The Morgan fingerprint density at radius 1 is 1.06 bits per heavy atom. The Morgan fingerprint density at radius 2 is 1.62 bits per heavy atom. The van der Waals surface area contributed by atoms with Gasteiger partial charge in [0.15, 0.2) is 0 Å². The van der Waals surface area contributed by atoms with Crippen molar-refractivity contribution in [2.45, 2.75) is 37.1 Å². The van der Waals surface area contributed by atoms with Crippen molar-refractivity contribution in [1.29, 1.82) is 0 Å². The van der Waals surface area contributed by atoms with Crippen LogP contribution in [0.25, 0.3) is 0 Å². The van der Waals surface area contributed by atoms with Gasteiger partial charge in [0.25, 0.3) is 5.92 Å². The molecule has 0 aromatic heterocycles. The molecule has 2 aliphatic rings. The summed E-state index contributed by atoms with van der Waals surface area (Å²) in [5.41, 5.74) is -0.632. The standard InChI is InChI=1S/C9H15F2NO2S.ClH/c10-9(11)1-4-12-8(7-9)2-5-15(13,14)6-3-8;/h12H,1-7H2;1H. The maximum absolute atomic E-state index is 13.2. The predicted molar refractivity (Wildman–Crippen MR) is 60.1 cm³/mol. The third-order valence-corrected chi connectivity index (χ3v) is 5.02. The van der Waals surface area contributed by atoms with Gasteiger partial charge in [-0.2, -0.15) is 0 Å².